The summed E-state index contributed by atoms with van der Waals surface area (Å²) in [5.74, 6) is 2.09. The standard InChI is InChI=1S/C15H23N3OS2/c1-11-4-6-18(7-5-11)9-12-10-21-15(16-12)17-14(19)13-3-2-8-20-13/h10-11,13H,2-9H2,1H3,(H,16,17,19)/t13-/m0/s1. The van der Waals surface area contributed by atoms with Crippen molar-refractivity contribution in [3.05, 3.63) is 11.1 Å². The maximum Gasteiger partial charge on any atom is 0.239 e. The highest BCUT2D eigenvalue weighted by Gasteiger charge is 2.24. The molecule has 2 fully saturated rings. The number of anilines is 1. The lowest BCUT2D eigenvalue weighted by atomic mass is 9.99. The van der Waals surface area contributed by atoms with Crippen molar-refractivity contribution >= 4 is 34.1 Å². The number of likely N-dealkylation sites (tertiary alicyclic amines) is 1. The molecule has 3 heterocycles. The SMILES string of the molecule is CC1CCN(Cc2csc(NC(=O)[C@@H]3CCCS3)n2)CC1. The van der Waals surface area contributed by atoms with Gasteiger partial charge in [0.2, 0.25) is 5.91 Å². The first-order valence-electron chi connectivity index (χ1n) is 7.80. The second kappa shape index (κ2) is 7.11. The van der Waals surface area contributed by atoms with Crippen molar-refractivity contribution in [1.29, 1.82) is 0 Å². The van der Waals surface area contributed by atoms with Crippen LogP contribution in [0.1, 0.15) is 38.3 Å². The molecule has 2 aliphatic heterocycles. The molecule has 116 valence electrons. The molecule has 4 nitrogen and oxygen atoms in total. The summed E-state index contributed by atoms with van der Waals surface area (Å²) in [7, 11) is 0. The number of rotatable bonds is 4. The van der Waals surface area contributed by atoms with Crippen LogP contribution in [-0.2, 0) is 11.3 Å². The highest BCUT2D eigenvalue weighted by atomic mass is 32.2. The smallest absolute Gasteiger partial charge is 0.239 e. The maximum atomic E-state index is 12.1. The van der Waals surface area contributed by atoms with Crippen molar-refractivity contribution in [3.8, 4) is 0 Å². The number of carbonyl (C=O) groups excluding carboxylic acids is 1. The highest BCUT2D eigenvalue weighted by Crippen LogP contribution is 2.28. The monoisotopic (exact) mass is 325 g/mol. The Morgan fingerprint density at radius 1 is 1.43 bits per heavy atom. The van der Waals surface area contributed by atoms with E-state index >= 15 is 0 Å². The molecule has 1 atom stereocenters. The molecule has 0 bridgehead atoms. The van der Waals surface area contributed by atoms with Crippen LogP contribution in [0, 0.1) is 5.92 Å². The summed E-state index contributed by atoms with van der Waals surface area (Å²) in [4.78, 5) is 19.1. The normalized spacial score (nSPS) is 24.3. The van der Waals surface area contributed by atoms with E-state index in [0.29, 0.717) is 0 Å². The van der Waals surface area contributed by atoms with Crippen molar-refractivity contribution in [3.63, 3.8) is 0 Å². The molecule has 0 saturated carbocycles. The van der Waals surface area contributed by atoms with E-state index in [1.54, 1.807) is 23.1 Å². The molecule has 1 aromatic rings. The Morgan fingerprint density at radius 2 is 2.24 bits per heavy atom. The molecule has 6 heteroatoms. The number of carbonyl (C=O) groups is 1. The zero-order chi connectivity index (χ0) is 14.7. The number of thiazole rings is 1. The molecule has 1 N–H and O–H groups in total. The Kier molecular flexibility index (Phi) is 5.19. The molecule has 1 amide bonds. The van der Waals surface area contributed by atoms with E-state index < -0.39 is 0 Å². The Balaban J connectivity index is 1.50. The van der Waals surface area contributed by atoms with Crippen LogP contribution in [0.15, 0.2) is 5.38 Å². The minimum Gasteiger partial charge on any atom is -0.301 e. The summed E-state index contributed by atoms with van der Waals surface area (Å²) in [5, 5.41) is 5.94. The molecule has 2 aliphatic rings. The summed E-state index contributed by atoms with van der Waals surface area (Å²) in [6.45, 7) is 5.57. The van der Waals surface area contributed by atoms with Crippen molar-refractivity contribution in [2.24, 2.45) is 5.92 Å². The van der Waals surface area contributed by atoms with Gasteiger partial charge in [-0.05, 0) is 50.4 Å². The first-order valence-corrected chi connectivity index (χ1v) is 9.73. The van der Waals surface area contributed by atoms with E-state index in [0.717, 1.165) is 41.9 Å². The largest absolute Gasteiger partial charge is 0.301 e. The first kappa shape index (κ1) is 15.3. The number of hydrogen-bond donors (Lipinski definition) is 1. The van der Waals surface area contributed by atoms with Crippen molar-refractivity contribution in [2.45, 2.75) is 44.4 Å². The average Bonchev–Trinajstić information content (AvgIpc) is 3.13. The predicted octanol–water partition coefficient (Wildman–Crippen LogP) is 3.21. The molecule has 2 saturated heterocycles. The van der Waals surface area contributed by atoms with Gasteiger partial charge in [0.15, 0.2) is 5.13 Å². The van der Waals surface area contributed by atoms with Gasteiger partial charge in [0.05, 0.1) is 10.9 Å². The average molecular weight is 326 g/mol. The lowest BCUT2D eigenvalue weighted by molar-refractivity contribution is -0.115. The molecular weight excluding hydrogens is 302 g/mol. The van der Waals surface area contributed by atoms with E-state index in [9.17, 15) is 4.79 Å². The maximum absolute atomic E-state index is 12.1. The van der Waals surface area contributed by atoms with Crippen molar-refractivity contribution < 1.29 is 4.79 Å². The summed E-state index contributed by atoms with van der Waals surface area (Å²) in [6.07, 6.45) is 4.72. The fourth-order valence-corrected chi connectivity index (χ4v) is 4.72. The molecule has 0 spiro atoms. The van der Waals surface area contributed by atoms with Gasteiger partial charge in [-0.2, -0.15) is 0 Å². The number of thioether (sulfide) groups is 1. The van der Waals surface area contributed by atoms with Gasteiger partial charge in [-0.15, -0.1) is 23.1 Å². The fraction of sp³-hybridized carbons (Fsp3) is 0.733. The van der Waals surface area contributed by atoms with Gasteiger partial charge in [0.25, 0.3) is 0 Å². The molecule has 0 aromatic carbocycles. The minimum atomic E-state index is 0.126. The number of amides is 1. The van der Waals surface area contributed by atoms with Crippen LogP contribution in [-0.4, -0.2) is 39.9 Å². The first-order chi connectivity index (χ1) is 10.2. The van der Waals surface area contributed by atoms with Gasteiger partial charge in [0.1, 0.15) is 0 Å². The Hall–Kier alpha value is -0.590. The number of hydrogen-bond acceptors (Lipinski definition) is 5. The quantitative estimate of drug-likeness (QED) is 0.923. The molecule has 21 heavy (non-hydrogen) atoms. The third kappa shape index (κ3) is 4.20. The van der Waals surface area contributed by atoms with E-state index in [4.69, 9.17) is 0 Å². The van der Waals surface area contributed by atoms with Gasteiger partial charge in [-0.3, -0.25) is 9.69 Å². The predicted molar refractivity (Wildman–Crippen MR) is 89.9 cm³/mol. The zero-order valence-electron chi connectivity index (χ0n) is 12.5. The lowest BCUT2D eigenvalue weighted by Crippen LogP contribution is -2.32. The Bertz CT molecular complexity index is 477. The van der Waals surface area contributed by atoms with Crippen LogP contribution in [0.4, 0.5) is 5.13 Å². The summed E-state index contributed by atoms with van der Waals surface area (Å²) < 4.78 is 0. The van der Waals surface area contributed by atoms with Crippen LogP contribution < -0.4 is 5.32 Å². The van der Waals surface area contributed by atoms with Gasteiger partial charge in [0, 0.05) is 11.9 Å². The third-order valence-electron chi connectivity index (χ3n) is 4.27. The minimum absolute atomic E-state index is 0.126. The van der Waals surface area contributed by atoms with E-state index in [2.05, 4.69) is 27.5 Å². The van der Waals surface area contributed by atoms with Crippen molar-refractivity contribution in [2.75, 3.05) is 24.2 Å². The van der Waals surface area contributed by atoms with E-state index in [1.165, 1.54) is 25.9 Å². The van der Waals surface area contributed by atoms with Gasteiger partial charge in [-0.1, -0.05) is 6.92 Å². The second-order valence-corrected chi connectivity index (χ2v) is 8.26. The number of aromatic nitrogens is 1. The molecule has 0 aliphatic carbocycles. The highest BCUT2D eigenvalue weighted by molar-refractivity contribution is 8.00. The zero-order valence-corrected chi connectivity index (χ0v) is 14.1. The number of nitrogens with one attached hydrogen (secondary N) is 1. The Labute approximate surface area is 134 Å². The fourth-order valence-electron chi connectivity index (χ4n) is 2.86. The molecule has 3 rings (SSSR count). The van der Waals surface area contributed by atoms with Crippen LogP contribution in [0.2, 0.25) is 0 Å². The molecule has 0 unspecified atom stereocenters. The summed E-state index contributed by atoms with van der Waals surface area (Å²) in [5.41, 5.74) is 1.09. The van der Waals surface area contributed by atoms with E-state index in [1.807, 2.05) is 0 Å². The number of piperidine rings is 1. The van der Waals surface area contributed by atoms with E-state index in [-0.39, 0.29) is 11.2 Å². The Morgan fingerprint density at radius 3 is 2.95 bits per heavy atom. The second-order valence-electron chi connectivity index (χ2n) is 6.09. The topological polar surface area (TPSA) is 45.2 Å². The molecule has 1 aromatic heterocycles. The van der Waals surface area contributed by atoms with Crippen molar-refractivity contribution in [1.82, 2.24) is 9.88 Å². The summed E-state index contributed by atoms with van der Waals surface area (Å²) >= 11 is 3.31. The van der Waals surface area contributed by atoms with Crippen LogP contribution in [0.25, 0.3) is 0 Å². The van der Waals surface area contributed by atoms with Crippen LogP contribution in [0.5, 0.6) is 0 Å². The van der Waals surface area contributed by atoms with Gasteiger partial charge in [-0.25, -0.2) is 4.98 Å². The van der Waals surface area contributed by atoms with Crippen LogP contribution >= 0.6 is 23.1 Å². The number of nitrogens with zero attached hydrogens (tertiary/aromatic N) is 2. The van der Waals surface area contributed by atoms with Crippen LogP contribution in [0.3, 0.4) is 0 Å². The summed E-state index contributed by atoms with van der Waals surface area (Å²) in [6, 6.07) is 0. The van der Waals surface area contributed by atoms with Gasteiger partial charge < -0.3 is 5.32 Å². The van der Waals surface area contributed by atoms with Gasteiger partial charge >= 0.3 is 0 Å². The molecular formula is C15H23N3OS2. The molecule has 0 radical (unpaired) electrons. The third-order valence-corrected chi connectivity index (χ3v) is 6.45. The lowest BCUT2D eigenvalue weighted by Gasteiger charge is -2.29.